The number of carboxylic acid groups (broad SMARTS) is 1. The summed E-state index contributed by atoms with van der Waals surface area (Å²) in [5.41, 5.74) is 2.15. The number of nitrogens with one attached hydrogen (secondary N) is 3. The highest BCUT2D eigenvalue weighted by molar-refractivity contribution is 5.88. The Balaban J connectivity index is 1.68. The lowest BCUT2D eigenvalue weighted by Gasteiger charge is -2.23. The van der Waals surface area contributed by atoms with Crippen molar-refractivity contribution in [2.75, 3.05) is 18.5 Å². The van der Waals surface area contributed by atoms with E-state index < -0.39 is 55.0 Å². The number of anilines is 1. The second-order valence-electron chi connectivity index (χ2n) is 9.11. The molecule has 0 radical (unpaired) electrons. The molecule has 10 nitrogen and oxygen atoms in total. The van der Waals surface area contributed by atoms with Crippen molar-refractivity contribution in [2.24, 2.45) is 0 Å². The molecule has 42 heavy (non-hydrogen) atoms. The number of hydrogen-bond donors (Lipinski definition) is 4. The number of carbonyl (C=O) groups excluding carboxylic acids is 3. The highest BCUT2D eigenvalue weighted by atomic mass is 19.4. The van der Waals surface area contributed by atoms with Crippen molar-refractivity contribution in [3.63, 3.8) is 0 Å². The van der Waals surface area contributed by atoms with Gasteiger partial charge in [-0.2, -0.15) is 13.2 Å². The fraction of sp³-hybridized carbons (Fsp3) is 0.276. The van der Waals surface area contributed by atoms with Crippen LogP contribution in [-0.2, 0) is 23.9 Å². The average molecular weight is 587 g/mol. The van der Waals surface area contributed by atoms with Crippen LogP contribution in [0, 0.1) is 0 Å². The average Bonchev–Trinajstić information content (AvgIpc) is 2.97. The Morgan fingerprint density at radius 3 is 2.17 bits per heavy atom. The molecule has 0 fully saturated rings. The molecule has 3 aromatic rings. The number of carboxylic acids is 1. The van der Waals surface area contributed by atoms with Gasteiger partial charge in [-0.1, -0.05) is 60.7 Å². The van der Waals surface area contributed by atoms with Gasteiger partial charge in [0.2, 0.25) is 11.8 Å². The molecular formula is C29H29F3N4O6. The lowest BCUT2D eigenvalue weighted by atomic mass is 9.99. The number of benzene rings is 2. The third-order valence-electron chi connectivity index (χ3n) is 5.93. The van der Waals surface area contributed by atoms with Crippen LogP contribution in [0.3, 0.4) is 0 Å². The van der Waals surface area contributed by atoms with Crippen LogP contribution >= 0.6 is 0 Å². The Morgan fingerprint density at radius 1 is 0.881 bits per heavy atom. The summed E-state index contributed by atoms with van der Waals surface area (Å²) in [5.74, 6) is -4.92. The van der Waals surface area contributed by atoms with Gasteiger partial charge in [-0.25, -0.2) is 9.78 Å². The lowest BCUT2D eigenvalue weighted by Crippen LogP contribution is -2.51. The molecule has 0 saturated heterocycles. The minimum Gasteiger partial charge on any atom is -0.481 e. The number of alkyl halides is 3. The maximum absolute atomic E-state index is 13.1. The number of amides is 2. The first-order chi connectivity index (χ1) is 20.0. The van der Waals surface area contributed by atoms with E-state index in [9.17, 15) is 37.5 Å². The molecule has 0 aliphatic heterocycles. The van der Waals surface area contributed by atoms with Gasteiger partial charge in [-0.05, 0) is 35.2 Å². The Bertz CT molecular complexity index is 1340. The van der Waals surface area contributed by atoms with Crippen molar-refractivity contribution in [1.82, 2.24) is 15.6 Å². The monoisotopic (exact) mass is 586 g/mol. The van der Waals surface area contributed by atoms with E-state index >= 15 is 0 Å². The highest BCUT2D eigenvalue weighted by Gasteiger charge is 2.41. The number of pyridine rings is 1. The fourth-order valence-electron chi connectivity index (χ4n) is 3.86. The van der Waals surface area contributed by atoms with E-state index in [1.54, 1.807) is 48.7 Å². The molecule has 3 rings (SSSR count). The first kappa shape index (κ1) is 31.6. The molecule has 1 heterocycles. The molecule has 1 aromatic heterocycles. The van der Waals surface area contributed by atoms with Gasteiger partial charge in [-0.3, -0.25) is 14.4 Å². The van der Waals surface area contributed by atoms with E-state index in [2.05, 4.69) is 25.7 Å². The molecule has 0 aliphatic carbocycles. The van der Waals surface area contributed by atoms with E-state index in [0.717, 1.165) is 11.1 Å². The van der Waals surface area contributed by atoms with Gasteiger partial charge >= 0.3 is 18.1 Å². The summed E-state index contributed by atoms with van der Waals surface area (Å²) in [6.45, 7) is -0.779. The van der Waals surface area contributed by atoms with E-state index in [1.807, 2.05) is 30.3 Å². The molecule has 0 bridgehead atoms. The molecule has 2 aromatic carbocycles. The summed E-state index contributed by atoms with van der Waals surface area (Å²) in [6, 6.07) is 18.4. The Hall–Kier alpha value is -4.94. The van der Waals surface area contributed by atoms with Crippen molar-refractivity contribution in [1.29, 1.82) is 0 Å². The molecule has 1 unspecified atom stereocenters. The van der Waals surface area contributed by atoms with Crippen molar-refractivity contribution in [3.8, 4) is 11.1 Å². The van der Waals surface area contributed by atoms with Gasteiger partial charge in [0.15, 0.2) is 0 Å². The zero-order chi connectivity index (χ0) is 30.5. The smallest absolute Gasteiger partial charge is 0.481 e. The third kappa shape index (κ3) is 10.2. The molecule has 13 heteroatoms. The summed E-state index contributed by atoms with van der Waals surface area (Å²) in [6.07, 6.45) is -4.12. The van der Waals surface area contributed by atoms with Crippen LogP contribution in [-0.4, -0.2) is 59.2 Å². The number of hydrogen-bond acceptors (Lipinski definition) is 7. The van der Waals surface area contributed by atoms with E-state index in [0.29, 0.717) is 17.9 Å². The van der Waals surface area contributed by atoms with Crippen molar-refractivity contribution in [3.05, 3.63) is 84.6 Å². The van der Waals surface area contributed by atoms with Gasteiger partial charge < -0.3 is 25.8 Å². The quantitative estimate of drug-likeness (QED) is 0.165. The van der Waals surface area contributed by atoms with Crippen molar-refractivity contribution < 1.29 is 42.2 Å². The summed E-state index contributed by atoms with van der Waals surface area (Å²) in [4.78, 5) is 52.5. The second kappa shape index (κ2) is 15.2. The molecule has 0 aliphatic rings. The van der Waals surface area contributed by atoms with Crippen molar-refractivity contribution >= 4 is 29.6 Å². The number of nitrogens with zero attached hydrogens (tertiary/aromatic N) is 1. The molecule has 2 amide bonds. The van der Waals surface area contributed by atoms with E-state index in [4.69, 9.17) is 0 Å². The van der Waals surface area contributed by atoms with Crippen LogP contribution in [0.4, 0.5) is 19.0 Å². The lowest BCUT2D eigenvalue weighted by molar-refractivity contribution is -0.200. The van der Waals surface area contributed by atoms with Crippen LogP contribution < -0.4 is 16.0 Å². The second-order valence-corrected chi connectivity index (χ2v) is 9.11. The van der Waals surface area contributed by atoms with Crippen LogP contribution in [0.2, 0.25) is 0 Å². The topological polar surface area (TPSA) is 147 Å². The number of esters is 1. The highest BCUT2D eigenvalue weighted by Crippen LogP contribution is 2.24. The number of aliphatic carboxylic acids is 1. The Labute approximate surface area is 239 Å². The minimum atomic E-state index is -5.31. The zero-order valence-electron chi connectivity index (χ0n) is 22.3. The van der Waals surface area contributed by atoms with E-state index in [1.165, 1.54) is 0 Å². The molecule has 2 atom stereocenters. The van der Waals surface area contributed by atoms with Gasteiger partial charge in [0.25, 0.3) is 0 Å². The predicted molar refractivity (Wildman–Crippen MR) is 146 cm³/mol. The largest absolute Gasteiger partial charge is 0.490 e. The number of aromatic nitrogens is 1. The molecule has 0 spiro atoms. The first-order valence-electron chi connectivity index (χ1n) is 12.9. The molecule has 0 saturated carbocycles. The third-order valence-corrected chi connectivity index (χ3v) is 5.93. The Kier molecular flexibility index (Phi) is 11.4. The predicted octanol–water partition coefficient (Wildman–Crippen LogP) is 3.86. The number of ether oxygens (including phenoxy) is 1. The number of rotatable bonds is 14. The van der Waals surface area contributed by atoms with Crippen molar-refractivity contribution in [2.45, 2.75) is 37.5 Å². The normalized spacial score (nSPS) is 12.5. The SMILES string of the molecule is O=C(O)CC(NC(=O)[C@H](COC(=O)C(F)(F)F)NC(=O)CCCNc1ccccn1)c1ccc(-c2ccccc2)cc1. The summed E-state index contributed by atoms with van der Waals surface area (Å²) in [7, 11) is 0. The van der Waals surface area contributed by atoms with Gasteiger partial charge in [0.05, 0.1) is 12.5 Å². The minimum absolute atomic E-state index is 0.115. The maximum Gasteiger partial charge on any atom is 0.490 e. The number of carbonyl (C=O) groups is 4. The van der Waals surface area contributed by atoms with Crippen LogP contribution in [0.25, 0.3) is 11.1 Å². The van der Waals surface area contributed by atoms with Crippen LogP contribution in [0.5, 0.6) is 0 Å². The summed E-state index contributed by atoms with van der Waals surface area (Å²) < 4.78 is 42.3. The molecule has 4 N–H and O–H groups in total. The summed E-state index contributed by atoms with van der Waals surface area (Å²) in [5, 5.41) is 17.1. The van der Waals surface area contributed by atoms with Crippen LogP contribution in [0.15, 0.2) is 79.0 Å². The Morgan fingerprint density at radius 2 is 1.55 bits per heavy atom. The standard InChI is InChI=1S/C29H29F3N4O6/c30-29(31,32)28(41)42-18-23(35-25(37)10-6-16-34-24-9-4-5-15-33-24)27(40)36-22(17-26(38)39)21-13-11-20(12-14-21)19-7-2-1-3-8-19/h1-5,7-9,11-15,22-23H,6,10,16-18H2,(H,33,34)(H,35,37)(H,36,40)(H,38,39)/t22?,23-/m0/s1. The number of halogens is 3. The first-order valence-corrected chi connectivity index (χ1v) is 12.9. The van der Waals surface area contributed by atoms with Gasteiger partial charge in [0.1, 0.15) is 18.5 Å². The zero-order valence-corrected chi connectivity index (χ0v) is 22.3. The van der Waals surface area contributed by atoms with E-state index in [-0.39, 0.29) is 12.8 Å². The van der Waals surface area contributed by atoms with Crippen LogP contribution in [0.1, 0.15) is 30.9 Å². The molecule has 222 valence electrons. The molecular weight excluding hydrogens is 557 g/mol. The van der Waals surface area contributed by atoms with Gasteiger partial charge in [-0.15, -0.1) is 0 Å². The maximum atomic E-state index is 13.1. The summed E-state index contributed by atoms with van der Waals surface area (Å²) >= 11 is 0. The fourth-order valence-corrected chi connectivity index (χ4v) is 3.86. The van der Waals surface area contributed by atoms with Gasteiger partial charge in [0, 0.05) is 19.2 Å².